The molecule has 0 spiro atoms. The van der Waals surface area contributed by atoms with Gasteiger partial charge in [0.2, 0.25) is 0 Å². The van der Waals surface area contributed by atoms with Crippen LogP contribution in [0.5, 0.6) is 0 Å². The third-order valence-electron chi connectivity index (χ3n) is 0. The smallest absolute Gasteiger partial charge is 2.00 e. The first-order valence-electron chi connectivity index (χ1n) is 0. The van der Waals surface area contributed by atoms with E-state index >= 15 is 0 Å². The summed E-state index contributed by atoms with van der Waals surface area (Å²) in [6, 6.07) is 0. The van der Waals surface area contributed by atoms with E-state index in [9.17, 15) is 0 Å². The molecule has 0 rings (SSSR count). The molecule has 0 aliphatic rings. The van der Waals surface area contributed by atoms with Crippen molar-refractivity contribution in [2.45, 2.75) is 0 Å². The van der Waals surface area contributed by atoms with Gasteiger partial charge in [-0.1, -0.05) is 0 Å². The van der Waals surface area contributed by atoms with Gasteiger partial charge in [-0.25, -0.2) is 0 Å². The van der Waals surface area contributed by atoms with Crippen LogP contribution in [0.4, 0.5) is 0 Å². The summed E-state index contributed by atoms with van der Waals surface area (Å²) in [7, 11) is 0. The second kappa shape index (κ2) is 83.9. The molecule has 0 saturated heterocycles. The Kier molecular flexibility index (Phi) is 1190. The Labute approximate surface area is 128 Å². The molecule has 0 bridgehead atoms. The first kappa shape index (κ1) is 113. The zero-order valence-electron chi connectivity index (χ0n) is 3.77. The van der Waals surface area contributed by atoms with Gasteiger partial charge in [0.1, 0.15) is 0 Å². The molecule has 0 fully saturated rings. The van der Waals surface area contributed by atoms with Gasteiger partial charge in [-0.3, -0.25) is 0 Å². The summed E-state index contributed by atoms with van der Waals surface area (Å²) < 4.78 is 0. The van der Waals surface area contributed by atoms with E-state index in [1.807, 2.05) is 0 Å². The first-order chi connectivity index (χ1) is 0. The minimum atomic E-state index is 0. The van der Waals surface area contributed by atoms with E-state index in [-0.39, 0.29) is 131 Å². The maximum Gasteiger partial charge on any atom is 5.00 e. The topological polar surface area (TPSA) is 142 Å². The van der Waals surface area contributed by atoms with Gasteiger partial charge < -0.3 is 27.4 Å². The summed E-state index contributed by atoms with van der Waals surface area (Å²) in [6.45, 7) is 0. The fraction of sp³-hybridized carbons (Fsp3) is 0. The van der Waals surface area contributed by atoms with Gasteiger partial charge >= 0.3 is 103 Å². The van der Waals surface area contributed by atoms with E-state index in [2.05, 4.69) is 0 Å². The molecule has 0 N–H and O–H groups in total. The second-order valence-electron chi connectivity index (χ2n) is 0. The second-order valence-corrected chi connectivity index (χ2v) is 0. The summed E-state index contributed by atoms with van der Waals surface area (Å²) in [6.07, 6.45) is 0. The zero-order chi connectivity index (χ0) is 0. The van der Waals surface area contributed by atoms with Crippen LogP contribution in [0.3, 0.4) is 0 Å². The average Bonchev–Trinajstić information content (AvgIpc) is 0. The predicted octanol–water partition coefficient (Wildman–Crippen LogP) is -0.977. The largest absolute Gasteiger partial charge is 5.00 e. The van der Waals surface area contributed by atoms with Crippen LogP contribution in [0.15, 0.2) is 0 Å². The molecule has 40 valence electrons. The van der Waals surface area contributed by atoms with Gasteiger partial charge in [-0.2, -0.15) is 0 Å². The fourth-order valence-electron chi connectivity index (χ4n) is 0. The van der Waals surface area contributed by atoms with Crippen molar-refractivity contribution >= 4 is 45.5 Å². The van der Waals surface area contributed by atoms with Gasteiger partial charge in [0.25, 0.3) is 0 Å². The first-order valence-corrected chi connectivity index (χ1v) is 0. The Hall–Kier alpha value is 3.22. The van der Waals surface area contributed by atoms with E-state index in [1.54, 1.807) is 0 Å². The minimum absolute atomic E-state index is 0. The molecule has 0 unspecified atom stereocenters. The van der Waals surface area contributed by atoms with E-state index in [1.165, 1.54) is 0 Å². The Balaban J connectivity index is 0. The molecule has 0 aromatic rings. The molecule has 0 aliphatic carbocycles. The Morgan fingerprint density at radius 2 is 0.500 bits per heavy atom. The van der Waals surface area contributed by atoms with Crippen LogP contribution in [0.2, 0.25) is 0 Å². The molecule has 0 amide bonds. The molecule has 0 radical (unpaired) electrons. The van der Waals surface area contributed by atoms with Gasteiger partial charge in [-0.15, -0.1) is 0 Å². The molecule has 0 aromatic carbocycles. The Morgan fingerprint density at radius 1 is 0.500 bits per heavy atom. The van der Waals surface area contributed by atoms with Crippen molar-refractivity contribution in [1.82, 2.24) is 0 Å². The van der Waals surface area contributed by atoms with Gasteiger partial charge in [0.05, 0.1) is 0 Å². The molecule has 5 nitrogen and oxygen atoms in total. The van der Waals surface area contributed by atoms with Crippen molar-refractivity contribution in [2.75, 3.05) is 0 Å². The van der Waals surface area contributed by atoms with Crippen molar-refractivity contribution in [2.24, 2.45) is 0 Å². The summed E-state index contributed by atoms with van der Waals surface area (Å²) in [5.74, 6) is 0. The van der Waals surface area contributed by atoms with Crippen LogP contribution in [0, 0.1) is 35.6 Å². The number of hydrogen-bond acceptors (Lipinski definition) is 0. The van der Waals surface area contributed by atoms with E-state index < -0.39 is 0 Å². The van der Waals surface area contributed by atoms with Crippen LogP contribution in [0.1, 0.15) is 0 Å². The van der Waals surface area contributed by atoms with Crippen molar-refractivity contribution < 1.29 is 85.4 Å². The molecular formula is LaNbO5Sr. The molecule has 8 heavy (non-hydrogen) atoms. The normalized spacial score (nSPS) is 0. The Bertz CT molecular complexity index is 12.4. The average molecular weight is 399 g/mol. The number of rotatable bonds is 0. The quantitative estimate of drug-likeness (QED) is 0.462. The van der Waals surface area contributed by atoms with E-state index in [0.717, 1.165) is 0 Å². The van der Waals surface area contributed by atoms with Crippen LogP contribution in [-0.4, -0.2) is 45.5 Å². The molecule has 0 saturated carbocycles. The molecular weight excluding hydrogens is 399 g/mol. The summed E-state index contributed by atoms with van der Waals surface area (Å²) in [5.41, 5.74) is 0. The standard InChI is InChI=1S/La.Nb.5O.Sr/q+3;+5;5*-2;+2. The van der Waals surface area contributed by atoms with Gasteiger partial charge in [0.15, 0.2) is 0 Å². The van der Waals surface area contributed by atoms with Crippen molar-refractivity contribution in [1.29, 1.82) is 0 Å². The third kappa shape index (κ3) is 60.2. The zero-order valence-corrected chi connectivity index (χ0v) is 13.1. The predicted molar refractivity (Wildman–Crippen MR) is 9.19 cm³/mol. The minimum Gasteiger partial charge on any atom is -2.00 e. The van der Waals surface area contributed by atoms with Gasteiger partial charge in [-0.05, 0) is 0 Å². The van der Waals surface area contributed by atoms with Crippen molar-refractivity contribution in [3.05, 3.63) is 0 Å². The van der Waals surface area contributed by atoms with E-state index in [0.29, 0.717) is 0 Å². The van der Waals surface area contributed by atoms with E-state index in [4.69, 9.17) is 0 Å². The van der Waals surface area contributed by atoms with Crippen LogP contribution in [-0.2, 0) is 49.8 Å². The van der Waals surface area contributed by atoms with Crippen LogP contribution < -0.4 is 0 Å². The molecule has 8 heteroatoms. The summed E-state index contributed by atoms with van der Waals surface area (Å²) in [5, 5.41) is 0. The summed E-state index contributed by atoms with van der Waals surface area (Å²) >= 11 is 0. The van der Waals surface area contributed by atoms with Crippen molar-refractivity contribution in [3.63, 3.8) is 0 Å². The maximum atomic E-state index is 0. The molecule has 0 atom stereocenters. The summed E-state index contributed by atoms with van der Waals surface area (Å²) in [4.78, 5) is 0. The molecule has 0 aliphatic heterocycles. The fourth-order valence-corrected chi connectivity index (χ4v) is 0. The monoisotopic (exact) mass is 400 g/mol. The SMILES string of the molecule is [La+3].[Nb+5].[O-2].[O-2].[O-2].[O-2].[O-2].[Sr+2]. The maximum absolute atomic E-state index is 0. The molecule has 0 heterocycles. The molecule has 0 aromatic heterocycles. The van der Waals surface area contributed by atoms with Crippen molar-refractivity contribution in [3.8, 4) is 0 Å². The Morgan fingerprint density at radius 3 is 0.500 bits per heavy atom. The third-order valence-corrected chi connectivity index (χ3v) is 0. The van der Waals surface area contributed by atoms with Gasteiger partial charge in [0, 0.05) is 0 Å². The van der Waals surface area contributed by atoms with Crippen LogP contribution in [0.25, 0.3) is 0 Å². The van der Waals surface area contributed by atoms with Crippen LogP contribution >= 0.6 is 0 Å². The number of hydrogen-bond donors (Lipinski definition) is 0.